The summed E-state index contributed by atoms with van der Waals surface area (Å²) in [4.78, 5) is 12.2. The molecular weight excluding hydrogens is 272 g/mol. The first-order valence-electron chi connectivity index (χ1n) is 7.75. The molecule has 0 fully saturated rings. The molecule has 0 atom stereocenters. The number of H-pyrrole nitrogens is 1. The molecule has 2 aromatic carbocycles. The van der Waals surface area contributed by atoms with Crippen molar-refractivity contribution in [2.24, 2.45) is 0 Å². The molecule has 22 heavy (non-hydrogen) atoms. The summed E-state index contributed by atoms with van der Waals surface area (Å²) >= 11 is 0. The van der Waals surface area contributed by atoms with E-state index in [-0.39, 0.29) is 5.56 Å². The van der Waals surface area contributed by atoms with Crippen LogP contribution in [0.15, 0.2) is 65.5 Å². The van der Waals surface area contributed by atoms with Crippen LogP contribution in [0.3, 0.4) is 0 Å². The van der Waals surface area contributed by atoms with Gasteiger partial charge in [-0.25, -0.2) is 4.68 Å². The Balaban J connectivity index is 1.89. The molecule has 0 bridgehead atoms. The Hall–Kier alpha value is -2.55. The van der Waals surface area contributed by atoms with Gasteiger partial charge in [-0.05, 0) is 36.1 Å². The lowest BCUT2D eigenvalue weighted by molar-refractivity contribution is 0.793. The van der Waals surface area contributed by atoms with Crippen LogP contribution in [0.5, 0.6) is 0 Å². The quantitative estimate of drug-likeness (QED) is 0.753. The highest BCUT2D eigenvalue weighted by Gasteiger charge is 2.06. The van der Waals surface area contributed by atoms with E-state index < -0.39 is 0 Å². The topological polar surface area (TPSA) is 37.8 Å². The van der Waals surface area contributed by atoms with Crippen LogP contribution in [0.25, 0.3) is 16.9 Å². The molecule has 0 aliphatic carbocycles. The Morgan fingerprint density at radius 2 is 1.73 bits per heavy atom. The summed E-state index contributed by atoms with van der Waals surface area (Å²) in [5, 5.41) is 3.18. The van der Waals surface area contributed by atoms with Crippen molar-refractivity contribution >= 4 is 0 Å². The third-order valence-electron chi connectivity index (χ3n) is 3.82. The molecule has 0 unspecified atom stereocenters. The molecule has 0 radical (unpaired) electrons. The van der Waals surface area contributed by atoms with E-state index in [1.54, 1.807) is 10.7 Å². The number of rotatable bonds is 5. The summed E-state index contributed by atoms with van der Waals surface area (Å²) in [5.74, 6) is 0. The Kier molecular flexibility index (Phi) is 4.24. The number of aryl methyl sites for hydroxylation is 1. The minimum Gasteiger partial charge on any atom is -0.290 e. The van der Waals surface area contributed by atoms with E-state index in [1.807, 2.05) is 42.5 Å². The molecule has 3 rings (SSSR count). The van der Waals surface area contributed by atoms with E-state index in [4.69, 9.17) is 0 Å². The van der Waals surface area contributed by atoms with E-state index in [1.165, 1.54) is 18.4 Å². The molecule has 1 aromatic heterocycles. The maximum Gasteiger partial charge on any atom is 0.271 e. The van der Waals surface area contributed by atoms with Crippen LogP contribution in [0.4, 0.5) is 0 Å². The summed E-state index contributed by atoms with van der Waals surface area (Å²) in [6, 6.07) is 19.7. The fraction of sp³-hybridized carbons (Fsp3) is 0.211. The van der Waals surface area contributed by atoms with E-state index in [9.17, 15) is 4.79 Å². The van der Waals surface area contributed by atoms with Crippen LogP contribution in [-0.2, 0) is 6.42 Å². The van der Waals surface area contributed by atoms with Crippen molar-refractivity contribution in [1.29, 1.82) is 0 Å². The second-order valence-corrected chi connectivity index (χ2v) is 5.48. The zero-order valence-electron chi connectivity index (χ0n) is 12.8. The first-order chi connectivity index (χ1) is 10.8. The lowest BCUT2D eigenvalue weighted by Crippen LogP contribution is -2.13. The number of benzene rings is 2. The number of nitrogens with zero attached hydrogens (tertiary/aromatic N) is 1. The maximum absolute atomic E-state index is 12.2. The van der Waals surface area contributed by atoms with Crippen molar-refractivity contribution in [2.45, 2.75) is 26.2 Å². The SMILES string of the molecule is CCCCc1ccc(-n2[nH]c(-c3ccccc3)cc2=O)cc1. The predicted octanol–water partition coefficient (Wildman–Crippen LogP) is 4.18. The van der Waals surface area contributed by atoms with Crippen molar-refractivity contribution in [3.8, 4) is 16.9 Å². The van der Waals surface area contributed by atoms with Gasteiger partial charge in [-0.15, -0.1) is 0 Å². The van der Waals surface area contributed by atoms with Gasteiger partial charge in [0, 0.05) is 6.07 Å². The molecule has 3 nitrogen and oxygen atoms in total. The summed E-state index contributed by atoms with van der Waals surface area (Å²) in [7, 11) is 0. The van der Waals surface area contributed by atoms with Gasteiger partial charge in [0.25, 0.3) is 5.56 Å². The first-order valence-corrected chi connectivity index (χ1v) is 7.75. The number of aromatic amines is 1. The number of aromatic nitrogens is 2. The zero-order chi connectivity index (χ0) is 15.4. The van der Waals surface area contributed by atoms with Crippen LogP contribution in [0.1, 0.15) is 25.3 Å². The number of hydrogen-bond acceptors (Lipinski definition) is 1. The fourth-order valence-corrected chi connectivity index (χ4v) is 2.55. The monoisotopic (exact) mass is 292 g/mol. The lowest BCUT2D eigenvalue weighted by Gasteiger charge is -2.04. The average Bonchev–Trinajstić information content (AvgIpc) is 2.96. The van der Waals surface area contributed by atoms with Crippen LogP contribution < -0.4 is 5.56 Å². The molecule has 0 amide bonds. The van der Waals surface area contributed by atoms with Gasteiger partial charge < -0.3 is 0 Å². The van der Waals surface area contributed by atoms with Crippen LogP contribution in [-0.4, -0.2) is 9.78 Å². The van der Waals surface area contributed by atoms with Crippen LogP contribution in [0.2, 0.25) is 0 Å². The highest BCUT2D eigenvalue weighted by Crippen LogP contribution is 2.16. The Labute approximate surface area is 130 Å². The zero-order valence-corrected chi connectivity index (χ0v) is 12.8. The largest absolute Gasteiger partial charge is 0.290 e. The highest BCUT2D eigenvalue weighted by molar-refractivity contribution is 5.58. The second-order valence-electron chi connectivity index (χ2n) is 5.48. The summed E-state index contributed by atoms with van der Waals surface area (Å²) in [5.41, 5.74) is 3.99. The maximum atomic E-state index is 12.2. The van der Waals surface area contributed by atoms with E-state index >= 15 is 0 Å². The third kappa shape index (κ3) is 3.03. The van der Waals surface area contributed by atoms with E-state index in [2.05, 4.69) is 24.2 Å². The highest BCUT2D eigenvalue weighted by atomic mass is 16.1. The molecule has 0 aliphatic rings. The summed E-state index contributed by atoms with van der Waals surface area (Å²) in [6.45, 7) is 2.19. The number of hydrogen-bond donors (Lipinski definition) is 1. The number of unbranched alkanes of at least 4 members (excludes halogenated alkanes) is 1. The molecule has 112 valence electrons. The standard InChI is InChI=1S/C19H20N2O/c1-2-3-7-15-10-12-17(13-11-15)21-19(22)14-18(20-21)16-8-5-4-6-9-16/h4-6,8-14,20H,2-3,7H2,1H3. The van der Waals surface area contributed by atoms with Gasteiger partial charge in [-0.2, -0.15) is 0 Å². The predicted molar refractivity (Wildman–Crippen MR) is 90.4 cm³/mol. The van der Waals surface area contributed by atoms with E-state index in [0.717, 1.165) is 23.4 Å². The van der Waals surface area contributed by atoms with Gasteiger partial charge in [0.1, 0.15) is 0 Å². The minimum atomic E-state index is -0.0415. The van der Waals surface area contributed by atoms with Crippen LogP contribution >= 0.6 is 0 Å². The lowest BCUT2D eigenvalue weighted by atomic mass is 10.1. The van der Waals surface area contributed by atoms with Crippen molar-refractivity contribution in [2.75, 3.05) is 0 Å². The summed E-state index contributed by atoms with van der Waals surface area (Å²) in [6.07, 6.45) is 3.48. The van der Waals surface area contributed by atoms with Gasteiger partial charge in [0.05, 0.1) is 11.4 Å². The normalized spacial score (nSPS) is 10.8. The molecule has 3 heteroatoms. The molecule has 1 heterocycles. The molecule has 0 saturated heterocycles. The van der Waals surface area contributed by atoms with Crippen molar-refractivity contribution in [1.82, 2.24) is 9.78 Å². The third-order valence-corrected chi connectivity index (χ3v) is 3.82. The fourth-order valence-electron chi connectivity index (χ4n) is 2.55. The molecule has 0 spiro atoms. The second kappa shape index (κ2) is 6.48. The molecule has 0 aliphatic heterocycles. The van der Waals surface area contributed by atoms with Gasteiger partial charge in [0.15, 0.2) is 0 Å². The molecular formula is C19H20N2O. The van der Waals surface area contributed by atoms with Gasteiger partial charge in [-0.1, -0.05) is 55.8 Å². The molecule has 0 saturated carbocycles. The van der Waals surface area contributed by atoms with Crippen LogP contribution in [0, 0.1) is 0 Å². The van der Waals surface area contributed by atoms with Crippen molar-refractivity contribution in [3.63, 3.8) is 0 Å². The van der Waals surface area contributed by atoms with Crippen molar-refractivity contribution in [3.05, 3.63) is 76.6 Å². The molecule has 1 N–H and O–H groups in total. The Morgan fingerprint density at radius 3 is 2.41 bits per heavy atom. The Morgan fingerprint density at radius 1 is 1.00 bits per heavy atom. The Bertz CT molecular complexity index is 782. The van der Waals surface area contributed by atoms with Crippen molar-refractivity contribution < 1.29 is 0 Å². The van der Waals surface area contributed by atoms with Gasteiger partial charge in [-0.3, -0.25) is 9.89 Å². The smallest absolute Gasteiger partial charge is 0.271 e. The molecule has 3 aromatic rings. The van der Waals surface area contributed by atoms with E-state index in [0.29, 0.717) is 0 Å². The average molecular weight is 292 g/mol. The minimum absolute atomic E-state index is 0.0415. The number of nitrogens with one attached hydrogen (secondary N) is 1. The van der Waals surface area contributed by atoms with Gasteiger partial charge >= 0.3 is 0 Å². The summed E-state index contributed by atoms with van der Waals surface area (Å²) < 4.78 is 1.59. The van der Waals surface area contributed by atoms with Gasteiger partial charge in [0.2, 0.25) is 0 Å². The first kappa shape index (κ1) is 14.4.